The van der Waals surface area contributed by atoms with Crippen molar-refractivity contribution in [2.75, 3.05) is 6.54 Å². The Morgan fingerprint density at radius 1 is 1.33 bits per heavy atom. The van der Waals surface area contributed by atoms with Crippen LogP contribution in [0.2, 0.25) is 0 Å². The third-order valence-electron chi connectivity index (χ3n) is 4.22. The highest BCUT2D eigenvalue weighted by atomic mass is 15.2. The van der Waals surface area contributed by atoms with Gasteiger partial charge in [0.2, 0.25) is 0 Å². The Morgan fingerprint density at radius 3 is 2.53 bits per heavy atom. The molecule has 1 saturated heterocycles. The lowest BCUT2D eigenvalue weighted by molar-refractivity contribution is 0.171. The minimum Gasteiger partial charge on any atom is -0.326 e. The fraction of sp³-hybridized carbons (Fsp3) is 1.00. The van der Waals surface area contributed by atoms with Crippen molar-refractivity contribution >= 4 is 0 Å². The van der Waals surface area contributed by atoms with Crippen LogP contribution in [0.4, 0.5) is 0 Å². The molecule has 0 radical (unpaired) electrons. The number of nitrogens with zero attached hydrogens (tertiary/aromatic N) is 1. The van der Waals surface area contributed by atoms with Crippen LogP contribution in [0.5, 0.6) is 0 Å². The summed E-state index contributed by atoms with van der Waals surface area (Å²) in [5.74, 6) is 0.648. The van der Waals surface area contributed by atoms with Crippen LogP contribution in [-0.2, 0) is 0 Å². The molecule has 1 aliphatic heterocycles. The fourth-order valence-corrected chi connectivity index (χ4v) is 2.62. The second kappa shape index (κ2) is 5.86. The molecule has 0 spiro atoms. The molecule has 90 valence electrons. The molecule has 1 fully saturated rings. The number of likely N-dealkylation sites (tertiary alicyclic amines) is 1. The van der Waals surface area contributed by atoms with Crippen molar-refractivity contribution in [1.29, 1.82) is 0 Å². The highest BCUT2D eigenvalue weighted by Gasteiger charge is 2.30. The maximum Gasteiger partial charge on any atom is 0.0193 e. The van der Waals surface area contributed by atoms with Gasteiger partial charge in [0.15, 0.2) is 0 Å². The molecule has 0 aromatic heterocycles. The maximum atomic E-state index is 6.25. The van der Waals surface area contributed by atoms with E-state index >= 15 is 0 Å². The quantitative estimate of drug-likeness (QED) is 0.759. The highest BCUT2D eigenvalue weighted by Crippen LogP contribution is 2.26. The molecule has 0 saturated carbocycles. The van der Waals surface area contributed by atoms with Gasteiger partial charge in [0.25, 0.3) is 0 Å². The summed E-state index contributed by atoms with van der Waals surface area (Å²) < 4.78 is 0. The summed E-state index contributed by atoms with van der Waals surface area (Å²) in [6, 6.07) is 1.88. The van der Waals surface area contributed by atoms with E-state index in [0.717, 1.165) is 18.6 Å². The fourth-order valence-electron chi connectivity index (χ4n) is 2.62. The van der Waals surface area contributed by atoms with Gasteiger partial charge in [-0.2, -0.15) is 0 Å². The van der Waals surface area contributed by atoms with Crippen LogP contribution < -0.4 is 5.73 Å². The third kappa shape index (κ3) is 3.18. The Balaban J connectivity index is 2.47. The van der Waals surface area contributed by atoms with E-state index in [9.17, 15) is 0 Å². The van der Waals surface area contributed by atoms with Gasteiger partial charge in [-0.25, -0.2) is 0 Å². The van der Waals surface area contributed by atoms with Gasteiger partial charge in [-0.15, -0.1) is 0 Å². The van der Waals surface area contributed by atoms with Crippen molar-refractivity contribution in [3.63, 3.8) is 0 Å². The average Bonchev–Trinajstić information content (AvgIpc) is 2.59. The van der Waals surface area contributed by atoms with Gasteiger partial charge in [-0.3, -0.25) is 4.90 Å². The van der Waals surface area contributed by atoms with Gasteiger partial charge in [0, 0.05) is 24.7 Å². The first-order valence-electron chi connectivity index (χ1n) is 6.61. The first kappa shape index (κ1) is 13.0. The van der Waals surface area contributed by atoms with E-state index in [1.54, 1.807) is 0 Å². The monoisotopic (exact) mass is 212 g/mol. The number of nitrogens with two attached hydrogens (primary N) is 1. The first-order valence-corrected chi connectivity index (χ1v) is 6.61. The summed E-state index contributed by atoms with van der Waals surface area (Å²) in [6.45, 7) is 10.2. The molecule has 2 N–H and O–H groups in total. The van der Waals surface area contributed by atoms with E-state index in [1.165, 1.54) is 25.7 Å². The Morgan fingerprint density at radius 2 is 2.00 bits per heavy atom. The van der Waals surface area contributed by atoms with Crippen LogP contribution >= 0.6 is 0 Å². The van der Waals surface area contributed by atoms with E-state index in [2.05, 4.69) is 32.6 Å². The number of hydrogen-bond donors (Lipinski definition) is 1. The molecule has 1 heterocycles. The van der Waals surface area contributed by atoms with Crippen molar-refractivity contribution in [1.82, 2.24) is 4.90 Å². The lowest BCUT2D eigenvalue weighted by Gasteiger charge is -2.32. The summed E-state index contributed by atoms with van der Waals surface area (Å²) >= 11 is 0. The minimum atomic E-state index is 0.351. The third-order valence-corrected chi connectivity index (χ3v) is 4.22. The summed E-state index contributed by atoms with van der Waals surface area (Å²) in [5.41, 5.74) is 6.25. The van der Waals surface area contributed by atoms with E-state index in [0.29, 0.717) is 12.0 Å². The minimum absolute atomic E-state index is 0.351. The average molecular weight is 212 g/mol. The molecule has 15 heavy (non-hydrogen) atoms. The smallest absolute Gasteiger partial charge is 0.0193 e. The molecule has 2 nitrogen and oxygen atoms in total. The molecule has 0 amide bonds. The van der Waals surface area contributed by atoms with E-state index in [-0.39, 0.29) is 0 Å². The predicted octanol–water partition coefficient (Wildman–Crippen LogP) is 2.62. The molecular formula is C13H28N2. The lowest BCUT2D eigenvalue weighted by Crippen LogP contribution is -2.45. The molecule has 2 heteroatoms. The Hall–Kier alpha value is -0.0800. The number of rotatable bonds is 5. The summed E-state index contributed by atoms with van der Waals surface area (Å²) in [6.07, 6.45) is 5.19. The summed E-state index contributed by atoms with van der Waals surface area (Å²) in [7, 11) is 0. The molecule has 0 bridgehead atoms. The Labute approximate surface area is 95.2 Å². The van der Waals surface area contributed by atoms with Gasteiger partial charge in [-0.05, 0) is 32.1 Å². The second-order valence-corrected chi connectivity index (χ2v) is 5.23. The van der Waals surface area contributed by atoms with E-state index < -0.39 is 0 Å². The molecule has 0 aromatic carbocycles. The van der Waals surface area contributed by atoms with E-state index in [1.807, 2.05) is 0 Å². The van der Waals surface area contributed by atoms with Crippen LogP contribution in [-0.4, -0.2) is 29.6 Å². The SMILES string of the molecule is CCC(C)C(N)CN1C(C)CCC1CC. The van der Waals surface area contributed by atoms with Crippen molar-refractivity contribution in [2.24, 2.45) is 11.7 Å². The number of hydrogen-bond acceptors (Lipinski definition) is 2. The van der Waals surface area contributed by atoms with Gasteiger partial charge >= 0.3 is 0 Å². The molecule has 0 aromatic rings. The van der Waals surface area contributed by atoms with Crippen LogP contribution in [0.25, 0.3) is 0 Å². The molecule has 1 aliphatic rings. The summed E-state index contributed by atoms with van der Waals surface area (Å²) in [4.78, 5) is 2.64. The zero-order chi connectivity index (χ0) is 11.4. The standard InChI is InChI=1S/C13H28N2/c1-5-10(3)13(14)9-15-11(4)7-8-12(15)6-2/h10-13H,5-9,14H2,1-4H3. The lowest BCUT2D eigenvalue weighted by atomic mass is 9.99. The van der Waals surface area contributed by atoms with Crippen molar-refractivity contribution in [2.45, 2.75) is 71.5 Å². The van der Waals surface area contributed by atoms with Gasteiger partial charge in [0.05, 0.1) is 0 Å². The maximum absolute atomic E-state index is 6.25. The zero-order valence-electron chi connectivity index (χ0n) is 10.9. The van der Waals surface area contributed by atoms with Crippen LogP contribution in [0.3, 0.4) is 0 Å². The molecule has 4 atom stereocenters. The summed E-state index contributed by atoms with van der Waals surface area (Å²) in [5, 5.41) is 0. The van der Waals surface area contributed by atoms with Gasteiger partial charge in [-0.1, -0.05) is 27.2 Å². The van der Waals surface area contributed by atoms with Crippen LogP contribution in [0, 0.1) is 5.92 Å². The second-order valence-electron chi connectivity index (χ2n) is 5.23. The Bertz CT molecular complexity index is 181. The van der Waals surface area contributed by atoms with Crippen LogP contribution in [0.15, 0.2) is 0 Å². The molecule has 1 rings (SSSR count). The largest absolute Gasteiger partial charge is 0.326 e. The molecule has 4 unspecified atom stereocenters. The van der Waals surface area contributed by atoms with E-state index in [4.69, 9.17) is 5.73 Å². The first-order chi connectivity index (χ1) is 7.10. The highest BCUT2D eigenvalue weighted by molar-refractivity contribution is 4.87. The predicted molar refractivity (Wildman–Crippen MR) is 66.9 cm³/mol. The normalized spacial score (nSPS) is 31.8. The van der Waals surface area contributed by atoms with Gasteiger partial charge < -0.3 is 5.73 Å². The van der Waals surface area contributed by atoms with Crippen molar-refractivity contribution in [3.8, 4) is 0 Å². The Kier molecular flexibility index (Phi) is 5.07. The van der Waals surface area contributed by atoms with Crippen molar-refractivity contribution < 1.29 is 0 Å². The molecular weight excluding hydrogens is 184 g/mol. The zero-order valence-corrected chi connectivity index (χ0v) is 10.9. The topological polar surface area (TPSA) is 29.3 Å². The van der Waals surface area contributed by atoms with Crippen LogP contribution in [0.1, 0.15) is 53.4 Å². The van der Waals surface area contributed by atoms with Crippen molar-refractivity contribution in [3.05, 3.63) is 0 Å². The van der Waals surface area contributed by atoms with Gasteiger partial charge in [0.1, 0.15) is 0 Å². The molecule has 0 aliphatic carbocycles.